The van der Waals surface area contributed by atoms with Crippen molar-refractivity contribution in [3.05, 3.63) is 21.6 Å². The van der Waals surface area contributed by atoms with E-state index in [1.165, 1.54) is 11.1 Å². The molecular weight excluding hydrogens is 252 g/mol. The number of anilines is 1. The Hall–Kier alpha value is -1.07. The predicted molar refractivity (Wildman–Crippen MR) is 73.4 cm³/mol. The van der Waals surface area contributed by atoms with Crippen LogP contribution in [0.4, 0.5) is 5.69 Å². The molecule has 6 heteroatoms. The SMILES string of the molecule is CC(C)n1ncc(NCC2CCCN2)c(Cl)c1=O. The van der Waals surface area contributed by atoms with Crippen molar-refractivity contribution in [3.8, 4) is 0 Å². The minimum atomic E-state index is -0.240. The molecule has 1 saturated heterocycles. The summed E-state index contributed by atoms with van der Waals surface area (Å²) in [6, 6.07) is 0.467. The van der Waals surface area contributed by atoms with Gasteiger partial charge in [0.1, 0.15) is 5.02 Å². The van der Waals surface area contributed by atoms with Crippen LogP contribution < -0.4 is 16.2 Å². The molecule has 1 atom stereocenters. The Kier molecular flexibility index (Phi) is 4.24. The maximum absolute atomic E-state index is 11.9. The van der Waals surface area contributed by atoms with Gasteiger partial charge in [0.15, 0.2) is 0 Å². The van der Waals surface area contributed by atoms with E-state index in [1.54, 1.807) is 6.20 Å². The summed E-state index contributed by atoms with van der Waals surface area (Å²) in [5.41, 5.74) is 0.378. The second-order valence-corrected chi connectivity index (χ2v) is 5.27. The molecule has 5 nitrogen and oxygen atoms in total. The molecule has 0 saturated carbocycles. The minimum absolute atomic E-state index is 0.0144. The van der Waals surface area contributed by atoms with Crippen molar-refractivity contribution >= 4 is 17.3 Å². The van der Waals surface area contributed by atoms with Crippen LogP contribution in [0.3, 0.4) is 0 Å². The first-order chi connectivity index (χ1) is 8.59. The van der Waals surface area contributed by atoms with Crippen molar-refractivity contribution in [3.63, 3.8) is 0 Å². The number of hydrogen-bond donors (Lipinski definition) is 2. The zero-order valence-electron chi connectivity index (χ0n) is 10.7. The molecule has 18 heavy (non-hydrogen) atoms. The van der Waals surface area contributed by atoms with E-state index < -0.39 is 0 Å². The van der Waals surface area contributed by atoms with E-state index in [2.05, 4.69) is 15.7 Å². The molecule has 0 aliphatic carbocycles. The maximum Gasteiger partial charge on any atom is 0.287 e. The van der Waals surface area contributed by atoms with Gasteiger partial charge in [0.2, 0.25) is 0 Å². The van der Waals surface area contributed by atoms with Crippen molar-refractivity contribution in [2.24, 2.45) is 0 Å². The third kappa shape index (κ3) is 2.84. The zero-order chi connectivity index (χ0) is 13.1. The summed E-state index contributed by atoms with van der Waals surface area (Å²) in [6.07, 6.45) is 3.98. The number of halogens is 1. The van der Waals surface area contributed by atoms with Crippen LogP contribution in [0.25, 0.3) is 0 Å². The van der Waals surface area contributed by atoms with Gasteiger partial charge in [-0.3, -0.25) is 4.79 Å². The first-order valence-electron chi connectivity index (χ1n) is 6.34. The standard InChI is InChI=1S/C12H19ClN4O/c1-8(2)17-12(18)11(13)10(7-16-17)15-6-9-4-3-5-14-9/h7-9,14-15H,3-6H2,1-2H3. The Morgan fingerprint density at radius 1 is 1.67 bits per heavy atom. The van der Waals surface area contributed by atoms with Crippen molar-refractivity contribution in [2.75, 3.05) is 18.4 Å². The summed E-state index contributed by atoms with van der Waals surface area (Å²) in [7, 11) is 0. The smallest absolute Gasteiger partial charge is 0.287 e. The molecule has 1 aromatic rings. The first-order valence-corrected chi connectivity index (χ1v) is 6.72. The lowest BCUT2D eigenvalue weighted by Crippen LogP contribution is -2.31. The Morgan fingerprint density at radius 3 is 3.06 bits per heavy atom. The maximum atomic E-state index is 11.9. The molecule has 1 fully saturated rings. The fraction of sp³-hybridized carbons (Fsp3) is 0.667. The van der Waals surface area contributed by atoms with Crippen LogP contribution >= 0.6 is 11.6 Å². The van der Waals surface area contributed by atoms with Crippen LogP contribution in [-0.4, -0.2) is 28.9 Å². The van der Waals surface area contributed by atoms with Gasteiger partial charge in [0, 0.05) is 12.6 Å². The molecule has 100 valence electrons. The number of hydrogen-bond acceptors (Lipinski definition) is 4. The highest BCUT2D eigenvalue weighted by molar-refractivity contribution is 6.32. The lowest BCUT2D eigenvalue weighted by atomic mass is 10.2. The fourth-order valence-corrected chi connectivity index (χ4v) is 2.30. The Bertz CT molecular complexity index is 466. The molecule has 0 amide bonds. The molecule has 0 spiro atoms. The third-order valence-corrected chi connectivity index (χ3v) is 3.50. The summed E-state index contributed by atoms with van der Waals surface area (Å²) in [6.45, 7) is 5.64. The Morgan fingerprint density at radius 2 is 2.44 bits per heavy atom. The van der Waals surface area contributed by atoms with Crippen LogP contribution in [0, 0.1) is 0 Å². The minimum Gasteiger partial charge on any atom is -0.381 e. The molecule has 2 rings (SSSR count). The summed E-state index contributed by atoms with van der Waals surface area (Å²) >= 11 is 6.07. The van der Waals surface area contributed by atoms with E-state index in [1.807, 2.05) is 13.8 Å². The van der Waals surface area contributed by atoms with Crippen LogP contribution in [0.5, 0.6) is 0 Å². The number of rotatable bonds is 4. The summed E-state index contributed by atoms with van der Waals surface area (Å²) in [4.78, 5) is 11.9. The van der Waals surface area contributed by atoms with Gasteiger partial charge in [0.05, 0.1) is 17.9 Å². The highest BCUT2D eigenvalue weighted by Crippen LogP contribution is 2.17. The molecule has 0 aromatic carbocycles. The number of nitrogens with zero attached hydrogens (tertiary/aromatic N) is 2. The zero-order valence-corrected chi connectivity index (χ0v) is 11.5. The van der Waals surface area contributed by atoms with Gasteiger partial charge in [-0.15, -0.1) is 0 Å². The summed E-state index contributed by atoms with van der Waals surface area (Å²) in [5, 5.41) is 10.9. The van der Waals surface area contributed by atoms with Crippen LogP contribution in [0.1, 0.15) is 32.7 Å². The van der Waals surface area contributed by atoms with Crippen molar-refractivity contribution < 1.29 is 0 Å². The highest BCUT2D eigenvalue weighted by atomic mass is 35.5. The van der Waals surface area contributed by atoms with Crippen molar-refractivity contribution in [2.45, 2.75) is 38.8 Å². The van der Waals surface area contributed by atoms with Gasteiger partial charge >= 0.3 is 0 Å². The Labute approximate surface area is 112 Å². The average Bonchev–Trinajstić information content (AvgIpc) is 2.83. The molecule has 2 N–H and O–H groups in total. The van der Waals surface area contributed by atoms with Crippen LogP contribution in [0.2, 0.25) is 5.02 Å². The molecule has 1 aliphatic heterocycles. The van der Waals surface area contributed by atoms with E-state index in [-0.39, 0.29) is 16.6 Å². The lowest BCUT2D eigenvalue weighted by molar-refractivity contribution is 0.503. The van der Waals surface area contributed by atoms with E-state index in [0.29, 0.717) is 11.7 Å². The number of nitrogens with one attached hydrogen (secondary N) is 2. The monoisotopic (exact) mass is 270 g/mol. The molecule has 1 aromatic heterocycles. The molecular formula is C12H19ClN4O. The lowest BCUT2D eigenvalue weighted by Gasteiger charge is -2.15. The van der Waals surface area contributed by atoms with Gasteiger partial charge in [0.25, 0.3) is 5.56 Å². The second-order valence-electron chi connectivity index (χ2n) is 4.89. The third-order valence-electron chi connectivity index (χ3n) is 3.13. The normalized spacial score (nSPS) is 19.4. The van der Waals surface area contributed by atoms with E-state index in [4.69, 9.17) is 11.6 Å². The largest absolute Gasteiger partial charge is 0.381 e. The molecule has 0 bridgehead atoms. The molecule has 1 unspecified atom stereocenters. The number of aromatic nitrogens is 2. The quantitative estimate of drug-likeness (QED) is 0.873. The fourth-order valence-electron chi connectivity index (χ4n) is 2.10. The topological polar surface area (TPSA) is 59.0 Å². The summed E-state index contributed by atoms with van der Waals surface area (Å²) < 4.78 is 1.39. The van der Waals surface area contributed by atoms with Crippen molar-refractivity contribution in [1.29, 1.82) is 0 Å². The van der Waals surface area contributed by atoms with Gasteiger partial charge in [-0.1, -0.05) is 11.6 Å². The van der Waals surface area contributed by atoms with Crippen LogP contribution in [-0.2, 0) is 0 Å². The van der Waals surface area contributed by atoms with E-state index in [0.717, 1.165) is 19.5 Å². The average molecular weight is 271 g/mol. The van der Waals surface area contributed by atoms with Gasteiger partial charge in [-0.05, 0) is 33.2 Å². The first kappa shape index (κ1) is 13.4. The molecule has 1 aliphatic rings. The van der Waals surface area contributed by atoms with Crippen molar-refractivity contribution in [1.82, 2.24) is 15.1 Å². The van der Waals surface area contributed by atoms with E-state index >= 15 is 0 Å². The Balaban J connectivity index is 2.09. The summed E-state index contributed by atoms with van der Waals surface area (Å²) in [5.74, 6) is 0. The van der Waals surface area contributed by atoms with Crippen LogP contribution in [0.15, 0.2) is 11.0 Å². The van der Waals surface area contributed by atoms with Gasteiger partial charge in [-0.25, -0.2) is 4.68 Å². The van der Waals surface area contributed by atoms with E-state index in [9.17, 15) is 4.79 Å². The highest BCUT2D eigenvalue weighted by Gasteiger charge is 2.15. The predicted octanol–water partition coefficient (Wildman–Crippen LogP) is 1.64. The molecule has 2 heterocycles. The van der Waals surface area contributed by atoms with Gasteiger partial charge in [-0.2, -0.15) is 5.10 Å². The van der Waals surface area contributed by atoms with Gasteiger partial charge < -0.3 is 10.6 Å². The molecule has 0 radical (unpaired) electrons. The second kappa shape index (κ2) is 5.71.